The first kappa shape index (κ1) is 23.5. The summed E-state index contributed by atoms with van der Waals surface area (Å²) < 4.78 is 16.7. The van der Waals surface area contributed by atoms with Crippen LogP contribution in [-0.4, -0.2) is 18.5 Å². The normalized spacial score (nSPS) is 11.0. The molecule has 162 valence electrons. The molecule has 0 amide bonds. The lowest BCUT2D eigenvalue weighted by molar-refractivity contribution is -0.174. The minimum Gasteiger partial charge on any atom is -0.465 e. The highest BCUT2D eigenvalue weighted by atomic mass is 16.6. The zero-order valence-electron chi connectivity index (χ0n) is 18.2. The van der Waals surface area contributed by atoms with Crippen LogP contribution in [0.5, 0.6) is 11.5 Å². The fourth-order valence-corrected chi connectivity index (χ4v) is 3.18. The molecule has 0 spiro atoms. The smallest absolute Gasteiger partial charge is 0.323 e. The molecule has 2 rings (SSSR count). The number of para-hydroxylation sites is 1. The number of unbranched alkanes of at least 4 members (excludes halogenated alkanes) is 2. The maximum atomic E-state index is 12.9. The molecule has 2 aromatic carbocycles. The van der Waals surface area contributed by atoms with Gasteiger partial charge in [0, 0.05) is 0 Å². The summed E-state index contributed by atoms with van der Waals surface area (Å²) >= 11 is 0. The topological polar surface area (TPSA) is 61.8 Å². The van der Waals surface area contributed by atoms with Crippen molar-refractivity contribution in [2.75, 3.05) is 6.61 Å². The molecule has 5 nitrogen and oxygen atoms in total. The van der Waals surface area contributed by atoms with Gasteiger partial charge in [-0.15, -0.1) is 0 Å². The average Bonchev–Trinajstić information content (AvgIpc) is 2.77. The molecule has 0 radical (unpaired) electrons. The predicted octanol–water partition coefficient (Wildman–Crippen LogP) is 6.06. The van der Waals surface area contributed by atoms with Crippen molar-refractivity contribution >= 4 is 11.9 Å². The van der Waals surface area contributed by atoms with E-state index in [1.54, 1.807) is 0 Å². The van der Waals surface area contributed by atoms with E-state index in [0.29, 0.717) is 25.2 Å². The summed E-state index contributed by atoms with van der Waals surface area (Å²) in [4.78, 5) is 25.5. The summed E-state index contributed by atoms with van der Waals surface area (Å²) in [6.45, 7) is 6.11. The van der Waals surface area contributed by atoms with E-state index in [4.69, 9.17) is 14.2 Å². The van der Waals surface area contributed by atoms with E-state index in [2.05, 4.69) is 6.92 Å². The first-order valence-electron chi connectivity index (χ1n) is 10.7. The first-order chi connectivity index (χ1) is 14.6. The maximum absolute atomic E-state index is 12.9. The van der Waals surface area contributed by atoms with E-state index < -0.39 is 17.4 Å². The van der Waals surface area contributed by atoms with Crippen LogP contribution >= 0.6 is 0 Å². The van der Waals surface area contributed by atoms with Crippen LogP contribution in [0.3, 0.4) is 0 Å². The molecular weight excluding hydrogens is 380 g/mol. The molecule has 0 bridgehead atoms. The number of carbonyl (C=O) groups is 2. The molecule has 0 saturated heterocycles. The third-order valence-electron chi connectivity index (χ3n) is 5.22. The van der Waals surface area contributed by atoms with Crippen LogP contribution in [-0.2, 0) is 25.7 Å². The molecule has 0 aliphatic carbocycles. The molecular formula is C25H32O5. The van der Waals surface area contributed by atoms with Crippen LogP contribution in [0.1, 0.15) is 58.4 Å². The second kappa shape index (κ2) is 12.0. The Morgan fingerprint density at radius 2 is 1.47 bits per heavy atom. The van der Waals surface area contributed by atoms with Gasteiger partial charge in [-0.3, -0.25) is 9.59 Å². The number of hydrogen-bond acceptors (Lipinski definition) is 5. The lowest BCUT2D eigenvalue weighted by atomic mass is 9.82. The van der Waals surface area contributed by atoms with Gasteiger partial charge in [-0.25, -0.2) is 0 Å². The largest absolute Gasteiger partial charge is 0.465 e. The lowest BCUT2D eigenvalue weighted by Gasteiger charge is -2.27. The Morgan fingerprint density at radius 1 is 0.800 bits per heavy atom. The van der Waals surface area contributed by atoms with Gasteiger partial charge in [0.2, 0.25) is 0 Å². The van der Waals surface area contributed by atoms with Crippen molar-refractivity contribution in [2.45, 2.75) is 59.5 Å². The van der Waals surface area contributed by atoms with Crippen LogP contribution in [0.25, 0.3) is 0 Å². The number of rotatable bonds is 12. The molecule has 0 aliphatic heterocycles. The highest BCUT2D eigenvalue weighted by molar-refractivity contribution is 6.00. The van der Waals surface area contributed by atoms with Crippen LogP contribution in [0.4, 0.5) is 0 Å². The van der Waals surface area contributed by atoms with E-state index in [0.717, 1.165) is 30.6 Å². The van der Waals surface area contributed by atoms with Gasteiger partial charge < -0.3 is 14.2 Å². The summed E-state index contributed by atoms with van der Waals surface area (Å²) in [5.74, 6) is 0.355. The van der Waals surface area contributed by atoms with Gasteiger partial charge in [0.1, 0.15) is 18.1 Å². The van der Waals surface area contributed by atoms with E-state index in [-0.39, 0.29) is 6.61 Å². The van der Waals surface area contributed by atoms with Crippen molar-refractivity contribution in [1.82, 2.24) is 0 Å². The number of hydrogen-bond donors (Lipinski definition) is 0. The van der Waals surface area contributed by atoms with E-state index in [9.17, 15) is 9.59 Å². The number of ether oxygens (including phenoxy) is 3. The van der Waals surface area contributed by atoms with Crippen LogP contribution in [0.15, 0.2) is 54.6 Å². The van der Waals surface area contributed by atoms with Crippen LogP contribution < -0.4 is 4.74 Å². The van der Waals surface area contributed by atoms with Crippen molar-refractivity contribution < 1.29 is 23.8 Å². The summed E-state index contributed by atoms with van der Waals surface area (Å²) in [5.41, 5.74) is -0.473. The summed E-state index contributed by atoms with van der Waals surface area (Å²) in [7, 11) is 0. The fraction of sp³-hybridized carbons (Fsp3) is 0.440. The van der Waals surface area contributed by atoms with Gasteiger partial charge in [0.05, 0.1) is 6.61 Å². The van der Waals surface area contributed by atoms with Crippen LogP contribution in [0.2, 0.25) is 0 Å². The lowest BCUT2D eigenvalue weighted by Crippen LogP contribution is -2.41. The molecule has 2 aromatic rings. The average molecular weight is 413 g/mol. The zero-order chi connectivity index (χ0) is 21.8. The SMILES string of the molecule is CCCCCOC(=O)C(CC)(CC)C(=O)OCc1cccc(Oc2ccccc2)c1. The van der Waals surface area contributed by atoms with Crippen molar-refractivity contribution in [2.24, 2.45) is 5.41 Å². The third kappa shape index (κ3) is 6.34. The van der Waals surface area contributed by atoms with E-state index in [1.807, 2.05) is 68.4 Å². The first-order valence-corrected chi connectivity index (χ1v) is 10.7. The molecule has 0 aromatic heterocycles. The van der Waals surface area contributed by atoms with Crippen molar-refractivity contribution in [3.63, 3.8) is 0 Å². The highest BCUT2D eigenvalue weighted by Crippen LogP contribution is 2.31. The highest BCUT2D eigenvalue weighted by Gasteiger charge is 2.45. The molecule has 0 atom stereocenters. The zero-order valence-corrected chi connectivity index (χ0v) is 18.2. The third-order valence-corrected chi connectivity index (χ3v) is 5.22. The van der Waals surface area contributed by atoms with Gasteiger partial charge in [-0.1, -0.05) is 63.9 Å². The van der Waals surface area contributed by atoms with Crippen molar-refractivity contribution in [3.05, 3.63) is 60.2 Å². The fourth-order valence-electron chi connectivity index (χ4n) is 3.18. The molecule has 30 heavy (non-hydrogen) atoms. The molecule has 0 saturated carbocycles. The predicted molar refractivity (Wildman–Crippen MR) is 116 cm³/mol. The number of carbonyl (C=O) groups excluding carboxylic acids is 2. The Bertz CT molecular complexity index is 796. The number of esters is 2. The second-order valence-corrected chi connectivity index (χ2v) is 7.27. The van der Waals surface area contributed by atoms with Gasteiger partial charge in [0.15, 0.2) is 5.41 Å². The van der Waals surface area contributed by atoms with E-state index >= 15 is 0 Å². The number of benzene rings is 2. The minimum atomic E-state index is -1.26. The molecule has 0 unspecified atom stereocenters. The molecule has 5 heteroatoms. The molecule has 0 fully saturated rings. The maximum Gasteiger partial charge on any atom is 0.323 e. The standard InChI is InChI=1S/C25H32O5/c1-4-7-11-17-28-23(26)25(5-2,6-3)24(27)29-19-20-13-12-16-22(18-20)30-21-14-9-8-10-15-21/h8-10,12-16,18H,4-7,11,17,19H2,1-3H3. The Morgan fingerprint density at radius 3 is 2.13 bits per heavy atom. The summed E-state index contributed by atoms with van der Waals surface area (Å²) in [6, 6.07) is 16.8. The second-order valence-electron chi connectivity index (χ2n) is 7.27. The molecule has 0 heterocycles. The Kier molecular flexibility index (Phi) is 9.39. The van der Waals surface area contributed by atoms with Crippen molar-refractivity contribution in [3.8, 4) is 11.5 Å². The molecule has 0 N–H and O–H groups in total. The van der Waals surface area contributed by atoms with E-state index in [1.165, 1.54) is 0 Å². The Hall–Kier alpha value is -2.82. The van der Waals surface area contributed by atoms with Gasteiger partial charge >= 0.3 is 11.9 Å². The van der Waals surface area contributed by atoms with Gasteiger partial charge in [-0.05, 0) is 49.1 Å². The van der Waals surface area contributed by atoms with Crippen molar-refractivity contribution in [1.29, 1.82) is 0 Å². The molecule has 0 aliphatic rings. The Labute approximate surface area is 179 Å². The summed E-state index contributed by atoms with van der Waals surface area (Å²) in [5, 5.41) is 0. The Balaban J connectivity index is 1.99. The monoisotopic (exact) mass is 412 g/mol. The van der Waals surface area contributed by atoms with Crippen LogP contribution in [0, 0.1) is 5.41 Å². The minimum absolute atomic E-state index is 0.0652. The quantitative estimate of drug-likeness (QED) is 0.241. The summed E-state index contributed by atoms with van der Waals surface area (Å²) in [6.07, 6.45) is 3.51. The van der Waals surface area contributed by atoms with Gasteiger partial charge in [0.25, 0.3) is 0 Å². The van der Waals surface area contributed by atoms with Gasteiger partial charge in [-0.2, -0.15) is 0 Å².